The molecule has 0 saturated carbocycles. The number of hydrogen-bond donors (Lipinski definition) is 0. The van der Waals surface area contributed by atoms with Crippen LogP contribution in [0.3, 0.4) is 0 Å². The molecule has 0 N–H and O–H groups in total. The lowest BCUT2D eigenvalue weighted by molar-refractivity contribution is -0.139. The van der Waals surface area contributed by atoms with Crippen LogP contribution < -0.4 is 11.1 Å². The van der Waals surface area contributed by atoms with Crippen molar-refractivity contribution in [1.29, 1.82) is 0 Å². The van der Waals surface area contributed by atoms with E-state index in [1.165, 1.54) is 4.57 Å². The molecule has 0 aliphatic carbocycles. The zero-order valence-electron chi connectivity index (χ0n) is 33.3. The van der Waals surface area contributed by atoms with Crippen LogP contribution in [0.15, 0.2) is 96.3 Å². The van der Waals surface area contributed by atoms with Crippen molar-refractivity contribution < 1.29 is 33.4 Å². The molecule has 6 aromatic rings. The van der Waals surface area contributed by atoms with Gasteiger partial charge in [0.1, 0.15) is 11.6 Å². The summed E-state index contributed by atoms with van der Waals surface area (Å²) in [4.78, 5) is 79.8. The molecule has 312 valence electrons. The van der Waals surface area contributed by atoms with E-state index in [1.807, 2.05) is 19.1 Å². The number of nitrogens with zero attached hydrogens (tertiary/aromatic N) is 5. The number of hydrogen-bond acceptors (Lipinski definition) is 12. The van der Waals surface area contributed by atoms with Crippen molar-refractivity contribution in [3.8, 4) is 0 Å². The SMILES string of the molecule is CN=C(C)OC.Cc1nc2cc(Br)ccc2c(=O)n1C.Cc1nc2cc(Cl)ccc2c(=O)n1C.O=C1Cc2cc(Br)ccc2C(=O)O1.O=C1Cc2cc(Cl)ccc2C(=O)O1. The molecular weight excluding hydrogens is 949 g/mol. The van der Waals surface area contributed by atoms with Gasteiger partial charge in [-0.1, -0.05) is 55.1 Å². The van der Waals surface area contributed by atoms with Crippen molar-refractivity contribution in [3.63, 3.8) is 0 Å². The molecule has 0 atom stereocenters. The summed E-state index contributed by atoms with van der Waals surface area (Å²) in [7, 11) is 6.73. The van der Waals surface area contributed by atoms with Crippen LogP contribution in [0.4, 0.5) is 0 Å². The van der Waals surface area contributed by atoms with E-state index in [4.69, 9.17) is 23.2 Å². The van der Waals surface area contributed by atoms with Gasteiger partial charge in [0.2, 0.25) is 0 Å². The van der Waals surface area contributed by atoms with Crippen molar-refractivity contribution in [2.24, 2.45) is 19.1 Å². The lowest BCUT2D eigenvalue weighted by Crippen LogP contribution is -2.22. The number of esters is 4. The summed E-state index contributed by atoms with van der Waals surface area (Å²) >= 11 is 18.1. The number of aliphatic imine (C=N–C) groups is 1. The van der Waals surface area contributed by atoms with Gasteiger partial charge in [-0.3, -0.25) is 33.3 Å². The highest BCUT2D eigenvalue weighted by Gasteiger charge is 2.25. The van der Waals surface area contributed by atoms with Gasteiger partial charge >= 0.3 is 23.9 Å². The molecule has 4 heterocycles. The van der Waals surface area contributed by atoms with Gasteiger partial charge in [-0.05, 0) is 97.8 Å². The van der Waals surface area contributed by atoms with E-state index in [0.717, 1.165) is 31.7 Å². The lowest BCUT2D eigenvalue weighted by atomic mass is 10.0. The number of methoxy groups -OCH3 is 1. The van der Waals surface area contributed by atoms with Crippen LogP contribution in [-0.2, 0) is 50.7 Å². The number of carbonyl (C=O) groups excluding carboxylic acids is 4. The minimum atomic E-state index is -0.595. The molecule has 2 aromatic heterocycles. The summed E-state index contributed by atoms with van der Waals surface area (Å²) in [6.45, 7) is 5.42. The second kappa shape index (κ2) is 21.1. The summed E-state index contributed by atoms with van der Waals surface area (Å²) < 4.78 is 18.4. The molecule has 0 fully saturated rings. The predicted octanol–water partition coefficient (Wildman–Crippen LogP) is 7.85. The van der Waals surface area contributed by atoms with Gasteiger partial charge in [0.25, 0.3) is 11.1 Å². The number of aromatic nitrogens is 4. The molecule has 0 spiro atoms. The third-order valence-corrected chi connectivity index (χ3v) is 10.2. The first kappa shape index (κ1) is 47.1. The van der Waals surface area contributed by atoms with Gasteiger partial charge in [-0.15, -0.1) is 0 Å². The van der Waals surface area contributed by atoms with Crippen LogP contribution in [0.1, 0.15) is 50.4 Å². The van der Waals surface area contributed by atoms with Crippen LogP contribution >= 0.6 is 55.1 Å². The monoisotopic (exact) mass is 983 g/mol. The van der Waals surface area contributed by atoms with E-state index in [2.05, 4.69) is 61.0 Å². The Hall–Kier alpha value is -5.55. The highest BCUT2D eigenvalue weighted by atomic mass is 79.9. The fourth-order valence-corrected chi connectivity index (χ4v) is 6.44. The third-order valence-electron chi connectivity index (χ3n) is 8.79. The number of halogens is 4. The number of rotatable bonds is 0. The van der Waals surface area contributed by atoms with Gasteiger partial charge < -0.3 is 14.2 Å². The van der Waals surface area contributed by atoms with Crippen LogP contribution in [0.2, 0.25) is 10.0 Å². The molecule has 0 radical (unpaired) electrons. The smallest absolute Gasteiger partial charge is 0.346 e. The Morgan fingerprint density at radius 2 is 1.08 bits per heavy atom. The Kier molecular flexibility index (Phi) is 16.6. The van der Waals surface area contributed by atoms with Crippen LogP contribution in [-0.4, -0.2) is 63.0 Å². The van der Waals surface area contributed by atoms with Crippen molar-refractivity contribution in [2.45, 2.75) is 33.6 Å². The molecule has 14 nitrogen and oxygen atoms in total. The van der Waals surface area contributed by atoms with Gasteiger partial charge in [0, 0.05) is 47.1 Å². The molecular formula is C42H37Br2Cl2N5O9. The minimum Gasteiger partial charge on any atom is -0.485 e. The van der Waals surface area contributed by atoms with Gasteiger partial charge in [-0.2, -0.15) is 0 Å². The minimum absolute atomic E-state index is 0.000000000000000222. The Bertz CT molecular complexity index is 2630. The fourth-order valence-electron chi connectivity index (χ4n) is 5.32. The Balaban J connectivity index is 0.000000169. The number of aryl methyl sites for hydroxylation is 2. The van der Waals surface area contributed by atoms with Gasteiger partial charge in [-0.25, -0.2) is 19.6 Å². The first-order valence-electron chi connectivity index (χ1n) is 17.6. The maximum atomic E-state index is 11.8. The molecule has 60 heavy (non-hydrogen) atoms. The molecule has 0 unspecified atom stereocenters. The fraction of sp³-hybridized carbons (Fsp3) is 0.214. The first-order chi connectivity index (χ1) is 28.3. The van der Waals surface area contributed by atoms with Crippen LogP contribution in [0, 0.1) is 13.8 Å². The summed E-state index contributed by atoms with van der Waals surface area (Å²) in [6.07, 6.45) is 0.280. The molecule has 4 aromatic carbocycles. The first-order valence-corrected chi connectivity index (χ1v) is 20.0. The van der Waals surface area contributed by atoms with E-state index in [1.54, 1.807) is 107 Å². The van der Waals surface area contributed by atoms with Crippen LogP contribution in [0.25, 0.3) is 21.8 Å². The predicted molar refractivity (Wildman–Crippen MR) is 236 cm³/mol. The van der Waals surface area contributed by atoms with Crippen molar-refractivity contribution in [1.82, 2.24) is 19.1 Å². The molecule has 0 saturated heterocycles. The lowest BCUT2D eigenvalue weighted by Gasteiger charge is -2.13. The number of cyclic esters (lactones) is 4. The van der Waals surface area contributed by atoms with Crippen molar-refractivity contribution in [2.75, 3.05) is 14.2 Å². The summed E-state index contributed by atoms with van der Waals surface area (Å²) in [6, 6.07) is 20.5. The Labute approximate surface area is 370 Å². The number of fused-ring (bicyclic) bond motifs is 4. The van der Waals surface area contributed by atoms with Gasteiger partial charge in [0.05, 0.1) is 52.9 Å². The maximum Gasteiger partial charge on any atom is 0.346 e. The van der Waals surface area contributed by atoms with Gasteiger partial charge in [0.15, 0.2) is 5.90 Å². The Morgan fingerprint density at radius 3 is 1.58 bits per heavy atom. The van der Waals surface area contributed by atoms with E-state index >= 15 is 0 Å². The Morgan fingerprint density at radius 1 is 0.667 bits per heavy atom. The highest BCUT2D eigenvalue weighted by molar-refractivity contribution is 9.10. The average molecular weight is 986 g/mol. The van der Waals surface area contributed by atoms with Crippen molar-refractivity contribution >= 4 is 107 Å². The second-order valence-electron chi connectivity index (χ2n) is 12.8. The van der Waals surface area contributed by atoms with E-state index in [0.29, 0.717) is 48.8 Å². The molecule has 8 rings (SSSR count). The van der Waals surface area contributed by atoms with Crippen molar-refractivity contribution in [3.05, 3.63) is 146 Å². The largest absolute Gasteiger partial charge is 0.485 e. The van der Waals surface area contributed by atoms with Crippen LogP contribution in [0.5, 0.6) is 0 Å². The van der Waals surface area contributed by atoms with E-state index in [9.17, 15) is 28.8 Å². The zero-order valence-corrected chi connectivity index (χ0v) is 37.9. The third kappa shape index (κ3) is 12.3. The normalized spacial score (nSPS) is 12.8. The maximum absolute atomic E-state index is 11.8. The average Bonchev–Trinajstić information content (AvgIpc) is 3.19. The summed E-state index contributed by atoms with van der Waals surface area (Å²) in [5.41, 5.74) is 3.60. The molecule has 0 bridgehead atoms. The van der Waals surface area contributed by atoms with E-state index in [-0.39, 0.29) is 24.0 Å². The molecule has 0 amide bonds. The van der Waals surface area contributed by atoms with E-state index < -0.39 is 23.9 Å². The second-order valence-corrected chi connectivity index (χ2v) is 15.5. The summed E-state index contributed by atoms with van der Waals surface area (Å²) in [5, 5.41) is 2.36. The number of carbonyl (C=O) groups is 4. The number of benzene rings is 4. The molecule has 2 aliphatic heterocycles. The quantitative estimate of drug-likeness (QED) is 0.0627. The highest BCUT2D eigenvalue weighted by Crippen LogP contribution is 2.23. The summed E-state index contributed by atoms with van der Waals surface area (Å²) in [5.74, 6) is -0.0441. The topological polar surface area (TPSA) is 178 Å². The standard InChI is InChI=1S/C10H9BrN2O.C10H9ClN2O.C9H5BrO3.C9H5ClO3.C4H9NO/c2*1-6-12-9-5-7(11)3-4-8(9)10(14)13(6)2;2*10-6-1-2-7-5(3-6)4-8(11)13-9(7)12;1-4(5-2)6-3/h2*3-5H,1-2H3;2*1-3H,4H2;1-3H3. The zero-order chi connectivity index (χ0) is 44.4. The number of ether oxygens (including phenoxy) is 3. The molecule has 18 heteroatoms. The molecule has 2 aliphatic rings.